The number of benzene rings is 1. The molecule has 0 radical (unpaired) electrons. The summed E-state index contributed by atoms with van der Waals surface area (Å²) in [7, 11) is 1.96. The van der Waals surface area contributed by atoms with Crippen molar-refractivity contribution in [1.82, 2.24) is 10.3 Å². The zero-order chi connectivity index (χ0) is 12.8. The van der Waals surface area contributed by atoms with Gasteiger partial charge in [-0.1, -0.05) is 12.1 Å². The predicted molar refractivity (Wildman–Crippen MR) is 72.8 cm³/mol. The Hall–Kier alpha value is -1.87. The molecule has 0 saturated carbocycles. The molecule has 18 heavy (non-hydrogen) atoms. The van der Waals surface area contributed by atoms with Crippen molar-refractivity contribution in [3.8, 4) is 5.75 Å². The zero-order valence-electron chi connectivity index (χ0n) is 10.8. The fourth-order valence-corrected chi connectivity index (χ4v) is 2.00. The lowest BCUT2D eigenvalue weighted by atomic mass is 10.00. The van der Waals surface area contributed by atoms with Crippen LogP contribution in [0.2, 0.25) is 0 Å². The monoisotopic (exact) mass is 242 g/mol. The van der Waals surface area contributed by atoms with Gasteiger partial charge in [-0.15, -0.1) is 0 Å². The highest BCUT2D eigenvalue weighted by atomic mass is 16.5. The summed E-state index contributed by atoms with van der Waals surface area (Å²) in [4.78, 5) is 4.05. The highest BCUT2D eigenvalue weighted by molar-refractivity contribution is 5.34. The number of hydrogen-bond acceptors (Lipinski definition) is 3. The van der Waals surface area contributed by atoms with E-state index in [-0.39, 0.29) is 6.04 Å². The molecule has 0 spiro atoms. The van der Waals surface area contributed by atoms with Crippen LogP contribution in [0.4, 0.5) is 0 Å². The molecule has 3 nitrogen and oxygen atoms in total. The number of aromatic nitrogens is 1. The van der Waals surface area contributed by atoms with Gasteiger partial charge in [-0.3, -0.25) is 4.98 Å². The molecule has 1 N–H and O–H groups in total. The van der Waals surface area contributed by atoms with Crippen molar-refractivity contribution < 1.29 is 4.74 Å². The third-order valence-corrected chi connectivity index (χ3v) is 2.85. The third kappa shape index (κ3) is 2.87. The molecule has 2 rings (SSSR count). The Kier molecular flexibility index (Phi) is 4.31. The number of pyridine rings is 1. The van der Waals surface area contributed by atoms with Crippen LogP contribution in [-0.2, 0) is 0 Å². The molecule has 1 aromatic carbocycles. The van der Waals surface area contributed by atoms with Gasteiger partial charge in [0.2, 0.25) is 0 Å². The van der Waals surface area contributed by atoms with E-state index in [4.69, 9.17) is 4.74 Å². The smallest absolute Gasteiger partial charge is 0.119 e. The summed E-state index contributed by atoms with van der Waals surface area (Å²) in [5.41, 5.74) is 2.42. The molecular formula is C15H18N2O. The van der Waals surface area contributed by atoms with Crippen LogP contribution in [0.25, 0.3) is 0 Å². The molecule has 0 aliphatic rings. The normalized spacial score (nSPS) is 12.1. The standard InChI is InChI=1S/C15H18N2O/c1-3-18-14-6-4-12(5-7-14)15(16-2)13-8-10-17-11-9-13/h4-11,15-16H,3H2,1-2H3. The maximum atomic E-state index is 5.45. The molecule has 1 unspecified atom stereocenters. The van der Waals surface area contributed by atoms with Gasteiger partial charge in [0.1, 0.15) is 5.75 Å². The van der Waals surface area contributed by atoms with Crippen LogP contribution in [0.1, 0.15) is 24.1 Å². The average Bonchev–Trinajstić information content (AvgIpc) is 2.43. The topological polar surface area (TPSA) is 34.1 Å². The molecule has 2 aromatic rings. The lowest BCUT2D eigenvalue weighted by Gasteiger charge is -2.17. The molecule has 0 amide bonds. The lowest BCUT2D eigenvalue weighted by Crippen LogP contribution is -2.17. The molecule has 0 bridgehead atoms. The Morgan fingerprint density at radius 3 is 2.22 bits per heavy atom. The van der Waals surface area contributed by atoms with E-state index in [0.717, 1.165) is 5.75 Å². The minimum absolute atomic E-state index is 0.184. The Bertz CT molecular complexity index is 468. The Morgan fingerprint density at radius 1 is 1.06 bits per heavy atom. The van der Waals surface area contributed by atoms with E-state index in [1.54, 1.807) is 0 Å². The van der Waals surface area contributed by atoms with Crippen LogP contribution in [0.5, 0.6) is 5.75 Å². The van der Waals surface area contributed by atoms with Gasteiger partial charge in [-0.25, -0.2) is 0 Å². The number of rotatable bonds is 5. The van der Waals surface area contributed by atoms with E-state index in [2.05, 4.69) is 22.4 Å². The Morgan fingerprint density at radius 2 is 1.67 bits per heavy atom. The van der Waals surface area contributed by atoms with E-state index in [1.807, 2.05) is 50.6 Å². The molecular weight excluding hydrogens is 224 g/mol. The van der Waals surface area contributed by atoms with E-state index in [1.165, 1.54) is 11.1 Å². The van der Waals surface area contributed by atoms with Gasteiger partial charge in [-0.05, 0) is 49.4 Å². The van der Waals surface area contributed by atoms with Crippen molar-refractivity contribution in [2.75, 3.05) is 13.7 Å². The summed E-state index contributed by atoms with van der Waals surface area (Å²) in [6.07, 6.45) is 3.63. The summed E-state index contributed by atoms with van der Waals surface area (Å²) in [5.74, 6) is 0.908. The fourth-order valence-electron chi connectivity index (χ4n) is 2.00. The SMILES string of the molecule is CCOc1ccc(C(NC)c2ccncc2)cc1. The molecule has 1 heterocycles. The van der Waals surface area contributed by atoms with Gasteiger partial charge >= 0.3 is 0 Å². The molecule has 3 heteroatoms. The van der Waals surface area contributed by atoms with Crippen LogP contribution in [0, 0.1) is 0 Å². The molecule has 0 saturated heterocycles. The molecule has 0 aliphatic heterocycles. The number of nitrogens with zero attached hydrogens (tertiary/aromatic N) is 1. The highest BCUT2D eigenvalue weighted by Crippen LogP contribution is 2.23. The van der Waals surface area contributed by atoms with E-state index < -0.39 is 0 Å². The van der Waals surface area contributed by atoms with Crippen molar-refractivity contribution in [3.05, 3.63) is 59.9 Å². The summed E-state index contributed by atoms with van der Waals surface area (Å²) in [6, 6.07) is 12.4. The second kappa shape index (κ2) is 6.17. The highest BCUT2D eigenvalue weighted by Gasteiger charge is 2.11. The van der Waals surface area contributed by atoms with Gasteiger partial charge in [-0.2, -0.15) is 0 Å². The van der Waals surface area contributed by atoms with Crippen molar-refractivity contribution >= 4 is 0 Å². The summed E-state index contributed by atoms with van der Waals surface area (Å²) in [5, 5.41) is 3.32. The summed E-state index contributed by atoms with van der Waals surface area (Å²) < 4.78 is 5.45. The second-order valence-electron chi connectivity index (χ2n) is 4.00. The van der Waals surface area contributed by atoms with Gasteiger partial charge in [0.05, 0.1) is 12.6 Å². The first-order valence-corrected chi connectivity index (χ1v) is 6.15. The maximum Gasteiger partial charge on any atom is 0.119 e. The minimum atomic E-state index is 0.184. The molecule has 94 valence electrons. The number of ether oxygens (including phenoxy) is 1. The third-order valence-electron chi connectivity index (χ3n) is 2.85. The van der Waals surface area contributed by atoms with Crippen LogP contribution >= 0.6 is 0 Å². The quantitative estimate of drug-likeness (QED) is 0.875. The minimum Gasteiger partial charge on any atom is -0.494 e. The Labute approximate surface area is 108 Å². The number of hydrogen-bond donors (Lipinski definition) is 1. The molecule has 0 fully saturated rings. The molecule has 1 atom stereocenters. The van der Waals surface area contributed by atoms with E-state index >= 15 is 0 Å². The van der Waals surface area contributed by atoms with Crippen LogP contribution in [0.15, 0.2) is 48.8 Å². The first kappa shape index (κ1) is 12.6. The predicted octanol–water partition coefficient (Wildman–Crippen LogP) is 2.79. The van der Waals surface area contributed by atoms with Crippen LogP contribution in [-0.4, -0.2) is 18.6 Å². The second-order valence-corrected chi connectivity index (χ2v) is 4.00. The summed E-state index contributed by atoms with van der Waals surface area (Å²) in [6.45, 7) is 2.68. The van der Waals surface area contributed by atoms with Crippen LogP contribution in [0.3, 0.4) is 0 Å². The van der Waals surface area contributed by atoms with Gasteiger partial charge < -0.3 is 10.1 Å². The first-order valence-electron chi connectivity index (χ1n) is 6.15. The lowest BCUT2D eigenvalue weighted by molar-refractivity contribution is 0.340. The first-order chi connectivity index (χ1) is 8.85. The van der Waals surface area contributed by atoms with Crippen molar-refractivity contribution in [3.63, 3.8) is 0 Å². The van der Waals surface area contributed by atoms with Crippen molar-refractivity contribution in [1.29, 1.82) is 0 Å². The van der Waals surface area contributed by atoms with Gasteiger partial charge in [0.25, 0.3) is 0 Å². The van der Waals surface area contributed by atoms with E-state index in [0.29, 0.717) is 6.61 Å². The van der Waals surface area contributed by atoms with E-state index in [9.17, 15) is 0 Å². The zero-order valence-corrected chi connectivity index (χ0v) is 10.8. The van der Waals surface area contributed by atoms with Crippen LogP contribution < -0.4 is 10.1 Å². The van der Waals surface area contributed by atoms with Crippen molar-refractivity contribution in [2.45, 2.75) is 13.0 Å². The van der Waals surface area contributed by atoms with Crippen molar-refractivity contribution in [2.24, 2.45) is 0 Å². The Balaban J connectivity index is 2.23. The fraction of sp³-hybridized carbons (Fsp3) is 0.267. The maximum absolute atomic E-state index is 5.45. The van der Waals surface area contributed by atoms with Gasteiger partial charge in [0.15, 0.2) is 0 Å². The molecule has 1 aromatic heterocycles. The largest absolute Gasteiger partial charge is 0.494 e. The average molecular weight is 242 g/mol. The van der Waals surface area contributed by atoms with Gasteiger partial charge in [0, 0.05) is 12.4 Å². The summed E-state index contributed by atoms with van der Waals surface area (Å²) >= 11 is 0. The number of nitrogens with one attached hydrogen (secondary N) is 1. The molecule has 0 aliphatic carbocycles.